The Morgan fingerprint density at radius 1 is 0.943 bits per heavy atom. The van der Waals surface area contributed by atoms with Crippen LogP contribution < -0.4 is 9.47 Å². The molecular weight excluding hydrogens is 438 g/mol. The van der Waals surface area contributed by atoms with Crippen LogP contribution in [0.3, 0.4) is 0 Å². The lowest BCUT2D eigenvalue weighted by atomic mass is 9.97. The van der Waals surface area contributed by atoms with Crippen LogP contribution in [0.2, 0.25) is 0 Å². The summed E-state index contributed by atoms with van der Waals surface area (Å²) in [5.41, 5.74) is 5.17. The van der Waals surface area contributed by atoms with E-state index < -0.39 is 5.97 Å². The molecule has 0 aliphatic rings. The maximum atomic E-state index is 11.3. The van der Waals surface area contributed by atoms with Gasteiger partial charge in [-0.25, -0.2) is 4.79 Å². The summed E-state index contributed by atoms with van der Waals surface area (Å²) in [6, 6.07) is 24.1. The maximum absolute atomic E-state index is 11.3. The second-order valence-corrected chi connectivity index (χ2v) is 8.20. The number of nitrogens with zero attached hydrogens (tertiary/aromatic N) is 1. The van der Waals surface area contributed by atoms with Crippen molar-refractivity contribution >= 4 is 11.5 Å². The van der Waals surface area contributed by atoms with Crippen molar-refractivity contribution in [2.75, 3.05) is 41.0 Å². The predicted octanol–water partition coefficient (Wildman–Crippen LogP) is 4.97. The van der Waals surface area contributed by atoms with E-state index in [0.717, 1.165) is 40.1 Å². The number of hydrogen-bond donors (Lipinski definition) is 0. The van der Waals surface area contributed by atoms with Gasteiger partial charge < -0.3 is 14.2 Å². The Bertz CT molecular complexity index is 1200. The van der Waals surface area contributed by atoms with E-state index in [1.54, 1.807) is 6.07 Å². The van der Waals surface area contributed by atoms with E-state index in [1.807, 2.05) is 68.4 Å². The molecule has 0 spiro atoms. The maximum Gasteiger partial charge on any atom is 0.343 e. The number of hydrogen-bond acceptors (Lipinski definition) is 5. The molecule has 180 valence electrons. The van der Waals surface area contributed by atoms with Gasteiger partial charge in [-0.05, 0) is 79.7 Å². The van der Waals surface area contributed by atoms with Crippen molar-refractivity contribution < 1.29 is 19.0 Å². The second-order valence-electron chi connectivity index (χ2n) is 8.20. The van der Waals surface area contributed by atoms with E-state index in [1.165, 1.54) is 7.11 Å². The van der Waals surface area contributed by atoms with Crippen LogP contribution in [0.1, 0.15) is 22.3 Å². The fourth-order valence-corrected chi connectivity index (χ4v) is 3.34. The highest BCUT2D eigenvalue weighted by atomic mass is 16.6. The Kier molecular flexibility index (Phi) is 9.53. The van der Waals surface area contributed by atoms with Crippen molar-refractivity contribution in [2.24, 2.45) is 0 Å². The average Bonchev–Trinajstić information content (AvgIpc) is 2.87. The largest absolute Gasteiger partial charge is 0.489 e. The summed E-state index contributed by atoms with van der Waals surface area (Å²) in [5, 5.41) is 0. The van der Waals surface area contributed by atoms with Gasteiger partial charge in [-0.2, -0.15) is 0 Å². The molecule has 5 nitrogen and oxygen atoms in total. The van der Waals surface area contributed by atoms with Crippen molar-refractivity contribution in [2.45, 2.75) is 6.92 Å². The van der Waals surface area contributed by atoms with Crippen LogP contribution in [0.5, 0.6) is 11.5 Å². The molecule has 5 heteroatoms. The van der Waals surface area contributed by atoms with Gasteiger partial charge in [0.2, 0.25) is 0 Å². The molecule has 0 aliphatic carbocycles. The van der Waals surface area contributed by atoms with Crippen LogP contribution in [0, 0.1) is 18.8 Å². The van der Waals surface area contributed by atoms with E-state index in [2.05, 4.69) is 46.9 Å². The third-order valence-corrected chi connectivity index (χ3v) is 5.17. The fraction of sp³-hybridized carbons (Fsp3) is 0.233. The first kappa shape index (κ1) is 25.6. The lowest BCUT2D eigenvalue weighted by molar-refractivity contribution is -0.142. The highest BCUT2D eigenvalue weighted by molar-refractivity contribution is 5.80. The highest BCUT2D eigenvalue weighted by Gasteiger charge is 2.07. The number of ether oxygens (including phenoxy) is 3. The number of aryl methyl sites for hydroxylation is 1. The van der Waals surface area contributed by atoms with Gasteiger partial charge in [-0.15, -0.1) is 0 Å². The molecule has 3 aromatic rings. The van der Waals surface area contributed by atoms with Crippen molar-refractivity contribution in [3.05, 3.63) is 101 Å². The minimum Gasteiger partial charge on any atom is -0.489 e. The average molecular weight is 470 g/mol. The van der Waals surface area contributed by atoms with Crippen molar-refractivity contribution in [3.8, 4) is 23.3 Å². The summed E-state index contributed by atoms with van der Waals surface area (Å²) in [6.45, 7) is 2.91. The third-order valence-electron chi connectivity index (χ3n) is 5.17. The summed E-state index contributed by atoms with van der Waals surface area (Å²) in [4.78, 5) is 13.3. The van der Waals surface area contributed by atoms with E-state index >= 15 is 0 Å². The zero-order valence-electron chi connectivity index (χ0n) is 20.7. The van der Waals surface area contributed by atoms with Gasteiger partial charge in [0.1, 0.15) is 18.1 Å². The van der Waals surface area contributed by atoms with E-state index in [9.17, 15) is 4.79 Å². The fourth-order valence-electron chi connectivity index (χ4n) is 3.34. The van der Waals surface area contributed by atoms with Gasteiger partial charge in [0.15, 0.2) is 6.61 Å². The molecule has 0 N–H and O–H groups in total. The molecule has 0 unspecified atom stereocenters. The van der Waals surface area contributed by atoms with Crippen molar-refractivity contribution in [1.29, 1.82) is 0 Å². The lowest BCUT2D eigenvalue weighted by Crippen LogP contribution is -2.13. The molecule has 0 heterocycles. The zero-order valence-corrected chi connectivity index (χ0v) is 20.7. The van der Waals surface area contributed by atoms with E-state index in [4.69, 9.17) is 9.47 Å². The monoisotopic (exact) mass is 469 g/mol. The Morgan fingerprint density at radius 3 is 2.31 bits per heavy atom. The zero-order chi connectivity index (χ0) is 25.0. The van der Waals surface area contributed by atoms with Crippen LogP contribution in [0.15, 0.2) is 78.9 Å². The summed E-state index contributed by atoms with van der Waals surface area (Å²) in [7, 11) is 5.35. The lowest BCUT2D eigenvalue weighted by Gasteiger charge is -2.12. The molecule has 0 bridgehead atoms. The van der Waals surface area contributed by atoms with Crippen molar-refractivity contribution in [1.82, 2.24) is 4.90 Å². The van der Waals surface area contributed by atoms with E-state index in [0.29, 0.717) is 12.4 Å². The molecule has 0 aromatic heterocycles. The summed E-state index contributed by atoms with van der Waals surface area (Å²) in [5.74, 6) is 7.30. The Labute approximate surface area is 207 Å². The van der Waals surface area contributed by atoms with Gasteiger partial charge in [0.05, 0.1) is 13.7 Å². The minimum absolute atomic E-state index is 0.124. The topological polar surface area (TPSA) is 48.0 Å². The first-order valence-corrected chi connectivity index (χ1v) is 11.4. The second kappa shape index (κ2) is 13.0. The molecule has 0 atom stereocenters. The number of benzene rings is 3. The third kappa shape index (κ3) is 8.06. The predicted molar refractivity (Wildman–Crippen MR) is 140 cm³/mol. The van der Waals surface area contributed by atoms with E-state index in [-0.39, 0.29) is 6.61 Å². The van der Waals surface area contributed by atoms with Crippen molar-refractivity contribution in [3.63, 3.8) is 0 Å². The van der Waals surface area contributed by atoms with Crippen LogP contribution in [0.4, 0.5) is 0 Å². The molecule has 0 radical (unpaired) electrons. The van der Waals surface area contributed by atoms with Gasteiger partial charge in [0, 0.05) is 5.56 Å². The molecule has 0 amide bonds. The van der Waals surface area contributed by atoms with Crippen LogP contribution in [0.25, 0.3) is 5.57 Å². The first-order valence-electron chi connectivity index (χ1n) is 11.4. The quantitative estimate of drug-likeness (QED) is 0.327. The normalized spacial score (nSPS) is 10.9. The minimum atomic E-state index is -0.419. The van der Waals surface area contributed by atoms with Gasteiger partial charge in [0.25, 0.3) is 0 Å². The molecule has 35 heavy (non-hydrogen) atoms. The number of carbonyl (C=O) groups excluding carboxylic acids is 1. The Morgan fingerprint density at radius 2 is 1.66 bits per heavy atom. The van der Waals surface area contributed by atoms with Gasteiger partial charge in [-0.1, -0.05) is 54.3 Å². The first-order chi connectivity index (χ1) is 17.0. The Balaban J connectivity index is 1.73. The summed E-state index contributed by atoms with van der Waals surface area (Å²) in [6.07, 6.45) is 2.08. The molecule has 0 saturated carbocycles. The van der Waals surface area contributed by atoms with Crippen LogP contribution in [-0.4, -0.2) is 51.8 Å². The Hall–Kier alpha value is -4.01. The number of carbonyl (C=O) groups is 1. The van der Waals surface area contributed by atoms with Crippen LogP contribution >= 0.6 is 0 Å². The summed E-state index contributed by atoms with van der Waals surface area (Å²) >= 11 is 0. The standard InChI is InChI=1S/C30H31NO4/c1-23-21-27(16-17-29(23)35-22-30(32)33-4)34-20-18-28(25-10-6-5-7-11-25)26-14-12-24(13-15-26)9-8-19-31(2)3/h5-7,10-18,21H,19-20,22H2,1-4H3/b28-18+. The molecule has 0 saturated heterocycles. The highest BCUT2D eigenvalue weighted by Crippen LogP contribution is 2.26. The molecular formula is C30H31NO4. The number of esters is 1. The summed E-state index contributed by atoms with van der Waals surface area (Å²) < 4.78 is 16.1. The van der Waals surface area contributed by atoms with Gasteiger partial charge >= 0.3 is 5.97 Å². The van der Waals surface area contributed by atoms with Crippen LogP contribution in [-0.2, 0) is 9.53 Å². The molecule has 3 aromatic carbocycles. The number of rotatable bonds is 9. The molecule has 3 rings (SSSR count). The number of methoxy groups -OCH3 is 1. The molecule has 0 aliphatic heterocycles. The SMILES string of the molecule is COC(=O)COc1ccc(OC/C=C(\c2ccccc2)c2ccc(C#CCN(C)C)cc2)cc1C. The molecule has 0 fully saturated rings. The van der Waals surface area contributed by atoms with Gasteiger partial charge in [-0.3, -0.25) is 4.90 Å². The smallest absolute Gasteiger partial charge is 0.343 e.